The number of nitrogens with two attached hydrogens (primary N) is 1. The molecule has 2 aromatic carbocycles. The second-order valence-corrected chi connectivity index (χ2v) is 4.25. The van der Waals surface area contributed by atoms with Gasteiger partial charge in [-0.05, 0) is 29.8 Å². The van der Waals surface area contributed by atoms with E-state index in [0.29, 0.717) is 16.1 Å². The van der Waals surface area contributed by atoms with Gasteiger partial charge < -0.3 is 0 Å². The Morgan fingerprint density at radius 1 is 1.06 bits per heavy atom. The number of hydrogen-bond acceptors (Lipinski definition) is 2. The molecule has 0 aliphatic carbocycles. The van der Waals surface area contributed by atoms with Crippen molar-refractivity contribution in [2.45, 2.75) is 6.04 Å². The lowest BCUT2D eigenvalue weighted by atomic mass is 9.99. The van der Waals surface area contributed by atoms with Crippen molar-refractivity contribution in [2.75, 3.05) is 0 Å². The van der Waals surface area contributed by atoms with Crippen LogP contribution in [0.1, 0.15) is 17.2 Å². The van der Waals surface area contributed by atoms with Crippen molar-refractivity contribution in [3.05, 3.63) is 70.2 Å². The van der Waals surface area contributed by atoms with E-state index in [9.17, 15) is 8.78 Å². The van der Waals surface area contributed by atoms with Gasteiger partial charge in [0.2, 0.25) is 0 Å². The maximum atomic E-state index is 13.8. The van der Waals surface area contributed by atoms with Gasteiger partial charge in [-0.15, -0.1) is 0 Å². The van der Waals surface area contributed by atoms with Crippen LogP contribution in [-0.2, 0) is 0 Å². The standard InChI is InChI=1S/C13H11ClF2N2/c14-9-3-6-11(12(16)7-9)13(18-17)8-1-4-10(15)5-2-8/h1-7,13,18H,17H2. The maximum absolute atomic E-state index is 13.8. The Balaban J connectivity index is 2.41. The van der Waals surface area contributed by atoms with E-state index >= 15 is 0 Å². The van der Waals surface area contributed by atoms with E-state index in [0.717, 1.165) is 0 Å². The molecule has 18 heavy (non-hydrogen) atoms. The fourth-order valence-corrected chi connectivity index (χ4v) is 1.92. The van der Waals surface area contributed by atoms with Gasteiger partial charge in [0.25, 0.3) is 0 Å². The minimum absolute atomic E-state index is 0.311. The third kappa shape index (κ3) is 2.67. The molecule has 0 fully saturated rings. The zero-order valence-corrected chi connectivity index (χ0v) is 10.1. The second-order valence-electron chi connectivity index (χ2n) is 3.82. The van der Waals surface area contributed by atoms with Crippen LogP contribution in [-0.4, -0.2) is 0 Å². The van der Waals surface area contributed by atoms with Crippen LogP contribution >= 0.6 is 11.6 Å². The molecule has 0 saturated carbocycles. The molecule has 2 aromatic rings. The number of halogens is 3. The summed E-state index contributed by atoms with van der Waals surface area (Å²) >= 11 is 5.69. The molecule has 0 aliphatic rings. The van der Waals surface area contributed by atoms with E-state index < -0.39 is 11.9 Å². The summed E-state index contributed by atoms with van der Waals surface area (Å²) in [6, 6.07) is 9.48. The number of hydrazine groups is 1. The van der Waals surface area contributed by atoms with Crippen molar-refractivity contribution in [3.63, 3.8) is 0 Å². The highest BCUT2D eigenvalue weighted by molar-refractivity contribution is 6.30. The quantitative estimate of drug-likeness (QED) is 0.663. The smallest absolute Gasteiger partial charge is 0.129 e. The minimum Gasteiger partial charge on any atom is -0.271 e. The highest BCUT2D eigenvalue weighted by Gasteiger charge is 2.16. The molecular weight excluding hydrogens is 258 g/mol. The molecule has 3 N–H and O–H groups in total. The summed E-state index contributed by atoms with van der Waals surface area (Å²) in [5, 5.41) is 0.311. The molecule has 0 heterocycles. The van der Waals surface area contributed by atoms with Crippen LogP contribution in [0.5, 0.6) is 0 Å². The van der Waals surface area contributed by atoms with Gasteiger partial charge >= 0.3 is 0 Å². The summed E-state index contributed by atoms with van der Waals surface area (Å²) < 4.78 is 26.6. The SMILES string of the molecule is NNC(c1ccc(F)cc1)c1ccc(Cl)cc1F. The van der Waals surface area contributed by atoms with Crippen LogP contribution in [0.3, 0.4) is 0 Å². The van der Waals surface area contributed by atoms with Crippen LogP contribution < -0.4 is 11.3 Å². The van der Waals surface area contributed by atoms with E-state index in [1.54, 1.807) is 24.3 Å². The highest BCUT2D eigenvalue weighted by Crippen LogP contribution is 2.25. The fourth-order valence-electron chi connectivity index (χ4n) is 1.76. The van der Waals surface area contributed by atoms with Crippen molar-refractivity contribution in [1.82, 2.24) is 5.43 Å². The Morgan fingerprint density at radius 2 is 1.72 bits per heavy atom. The van der Waals surface area contributed by atoms with E-state index in [1.807, 2.05) is 0 Å². The molecule has 2 rings (SSSR count). The summed E-state index contributed by atoms with van der Waals surface area (Å²) in [6.45, 7) is 0. The van der Waals surface area contributed by atoms with Gasteiger partial charge in [-0.1, -0.05) is 29.8 Å². The number of rotatable bonds is 3. The molecule has 1 unspecified atom stereocenters. The van der Waals surface area contributed by atoms with Crippen LogP contribution in [0, 0.1) is 11.6 Å². The highest BCUT2D eigenvalue weighted by atomic mass is 35.5. The number of nitrogens with one attached hydrogen (secondary N) is 1. The molecule has 0 bridgehead atoms. The second kappa shape index (κ2) is 5.44. The lowest BCUT2D eigenvalue weighted by Gasteiger charge is -2.17. The average Bonchev–Trinajstić information content (AvgIpc) is 2.35. The van der Waals surface area contributed by atoms with Crippen molar-refractivity contribution in [1.29, 1.82) is 0 Å². The van der Waals surface area contributed by atoms with Gasteiger partial charge in [-0.2, -0.15) is 0 Å². The zero-order chi connectivity index (χ0) is 13.1. The molecule has 1 atom stereocenters. The molecule has 0 amide bonds. The molecule has 0 radical (unpaired) electrons. The Labute approximate surface area is 108 Å². The van der Waals surface area contributed by atoms with Gasteiger partial charge in [-0.25, -0.2) is 14.2 Å². The number of hydrogen-bond donors (Lipinski definition) is 2. The summed E-state index contributed by atoms with van der Waals surface area (Å²) in [5.74, 6) is 4.62. The van der Waals surface area contributed by atoms with Crippen LogP contribution in [0.25, 0.3) is 0 Å². The Hall–Kier alpha value is -1.49. The topological polar surface area (TPSA) is 38.0 Å². The summed E-state index contributed by atoms with van der Waals surface area (Å²) in [4.78, 5) is 0. The molecule has 5 heteroatoms. The lowest BCUT2D eigenvalue weighted by molar-refractivity contribution is 0.559. The Bertz CT molecular complexity index is 543. The van der Waals surface area contributed by atoms with Gasteiger partial charge in [-0.3, -0.25) is 5.84 Å². The van der Waals surface area contributed by atoms with Crippen LogP contribution in [0.15, 0.2) is 42.5 Å². The Morgan fingerprint density at radius 3 is 2.28 bits per heavy atom. The van der Waals surface area contributed by atoms with E-state index in [2.05, 4.69) is 5.43 Å². The number of benzene rings is 2. The molecule has 0 saturated heterocycles. The lowest BCUT2D eigenvalue weighted by Crippen LogP contribution is -2.29. The maximum Gasteiger partial charge on any atom is 0.129 e. The molecule has 2 nitrogen and oxygen atoms in total. The van der Waals surface area contributed by atoms with E-state index in [1.165, 1.54) is 18.2 Å². The predicted molar refractivity (Wildman–Crippen MR) is 67.0 cm³/mol. The van der Waals surface area contributed by atoms with Crippen molar-refractivity contribution < 1.29 is 8.78 Å². The monoisotopic (exact) mass is 268 g/mol. The van der Waals surface area contributed by atoms with Gasteiger partial charge in [0.05, 0.1) is 6.04 Å². The first-order chi connectivity index (χ1) is 8.61. The normalized spacial score (nSPS) is 12.4. The average molecular weight is 269 g/mol. The summed E-state index contributed by atoms with van der Waals surface area (Å²) in [5.41, 5.74) is 3.53. The van der Waals surface area contributed by atoms with E-state index in [4.69, 9.17) is 17.4 Å². The first-order valence-electron chi connectivity index (χ1n) is 5.28. The van der Waals surface area contributed by atoms with Crippen molar-refractivity contribution in [3.8, 4) is 0 Å². The van der Waals surface area contributed by atoms with Gasteiger partial charge in [0.1, 0.15) is 11.6 Å². The predicted octanol–water partition coefficient (Wildman–Crippen LogP) is 3.17. The molecule has 94 valence electrons. The first kappa shape index (κ1) is 13.0. The fraction of sp³-hybridized carbons (Fsp3) is 0.0769. The summed E-state index contributed by atoms with van der Waals surface area (Å²) in [6.07, 6.45) is 0. The summed E-state index contributed by atoms with van der Waals surface area (Å²) in [7, 11) is 0. The molecule has 0 aliphatic heterocycles. The van der Waals surface area contributed by atoms with Crippen LogP contribution in [0.4, 0.5) is 8.78 Å². The van der Waals surface area contributed by atoms with Crippen molar-refractivity contribution >= 4 is 11.6 Å². The molecule has 0 aromatic heterocycles. The van der Waals surface area contributed by atoms with Crippen molar-refractivity contribution in [2.24, 2.45) is 5.84 Å². The third-order valence-electron chi connectivity index (χ3n) is 2.64. The first-order valence-corrected chi connectivity index (χ1v) is 5.66. The van der Waals surface area contributed by atoms with Crippen LogP contribution in [0.2, 0.25) is 5.02 Å². The third-order valence-corrected chi connectivity index (χ3v) is 2.88. The van der Waals surface area contributed by atoms with Gasteiger partial charge in [0, 0.05) is 10.6 Å². The Kier molecular flexibility index (Phi) is 3.91. The molecule has 0 spiro atoms. The minimum atomic E-state index is -0.553. The van der Waals surface area contributed by atoms with Gasteiger partial charge in [0.15, 0.2) is 0 Å². The zero-order valence-electron chi connectivity index (χ0n) is 9.33. The molecular formula is C13H11ClF2N2. The largest absolute Gasteiger partial charge is 0.271 e. The van der Waals surface area contributed by atoms with E-state index in [-0.39, 0.29) is 5.82 Å².